The third kappa shape index (κ3) is 9.18. The van der Waals surface area contributed by atoms with E-state index in [2.05, 4.69) is 15.6 Å². The number of primary amides is 1. The molecule has 66 valence electrons. The van der Waals surface area contributed by atoms with Crippen LogP contribution < -0.4 is 10.9 Å². The summed E-state index contributed by atoms with van der Waals surface area (Å²) >= 11 is 0. The van der Waals surface area contributed by atoms with Crippen LogP contribution in [-0.2, 0) is 14.8 Å². The first kappa shape index (κ1) is 10.2. The number of hydrogen-bond donors (Lipinski definition) is 2. The zero-order valence-electron chi connectivity index (χ0n) is 5.82. The SMILES string of the molecule is NC(=O)OCCCS(N)(=O)=O. The quantitative estimate of drug-likeness (QED) is 0.529. The molecule has 0 aromatic heterocycles. The first-order valence-electron chi connectivity index (χ1n) is 2.84. The van der Waals surface area contributed by atoms with E-state index < -0.39 is 16.1 Å². The van der Waals surface area contributed by atoms with Crippen molar-refractivity contribution in [3.05, 3.63) is 0 Å². The summed E-state index contributed by atoms with van der Waals surface area (Å²) in [4.78, 5) is 9.94. The molecule has 0 aliphatic carbocycles. The number of nitrogens with two attached hydrogens (primary N) is 2. The molecule has 0 saturated heterocycles. The van der Waals surface area contributed by atoms with Crippen LogP contribution in [0.1, 0.15) is 6.42 Å². The third-order valence-corrected chi connectivity index (χ3v) is 1.68. The maximum absolute atomic E-state index is 10.3. The monoisotopic (exact) mass is 182 g/mol. The fourth-order valence-electron chi connectivity index (χ4n) is 0.433. The van der Waals surface area contributed by atoms with Crippen LogP contribution >= 0.6 is 0 Å². The Morgan fingerprint density at radius 1 is 1.45 bits per heavy atom. The number of rotatable bonds is 4. The molecule has 0 saturated carbocycles. The van der Waals surface area contributed by atoms with E-state index in [1.165, 1.54) is 0 Å². The molecule has 0 unspecified atom stereocenters. The third-order valence-electron chi connectivity index (χ3n) is 0.818. The van der Waals surface area contributed by atoms with Gasteiger partial charge in [-0.05, 0) is 6.42 Å². The summed E-state index contributed by atoms with van der Waals surface area (Å²) in [5.74, 6) is -0.208. The van der Waals surface area contributed by atoms with E-state index in [9.17, 15) is 13.2 Å². The Labute approximate surface area is 64.5 Å². The van der Waals surface area contributed by atoms with Crippen LogP contribution in [-0.4, -0.2) is 26.9 Å². The van der Waals surface area contributed by atoms with Crippen molar-refractivity contribution < 1.29 is 17.9 Å². The molecule has 0 aromatic rings. The summed E-state index contributed by atoms with van der Waals surface area (Å²) in [6.07, 6.45) is -0.749. The molecule has 0 atom stereocenters. The number of hydrogen-bond acceptors (Lipinski definition) is 4. The number of sulfonamides is 1. The summed E-state index contributed by atoms with van der Waals surface area (Å²) in [5, 5.41) is 4.65. The second kappa shape index (κ2) is 4.14. The van der Waals surface area contributed by atoms with Gasteiger partial charge >= 0.3 is 6.09 Å². The van der Waals surface area contributed by atoms with Crippen molar-refractivity contribution in [3.63, 3.8) is 0 Å². The fraction of sp³-hybridized carbons (Fsp3) is 0.750. The normalized spacial score (nSPS) is 11.0. The summed E-state index contributed by atoms with van der Waals surface area (Å²) in [6.45, 7) is -0.0221. The Hall–Kier alpha value is -0.820. The molecule has 0 rings (SSSR count). The van der Waals surface area contributed by atoms with Crippen molar-refractivity contribution in [2.24, 2.45) is 10.9 Å². The Morgan fingerprint density at radius 3 is 2.36 bits per heavy atom. The lowest BCUT2D eigenvalue weighted by Crippen LogP contribution is -2.20. The van der Waals surface area contributed by atoms with Crippen molar-refractivity contribution in [2.45, 2.75) is 6.42 Å². The second-order valence-electron chi connectivity index (χ2n) is 1.89. The standard InChI is InChI=1S/C4H10N2O4S/c5-4(7)10-2-1-3-11(6,8)9/h1-3H2,(H2,5,7)(H2,6,8,9). The molecular weight excluding hydrogens is 172 g/mol. The smallest absolute Gasteiger partial charge is 0.404 e. The number of primary sulfonamides is 1. The summed E-state index contributed by atoms with van der Waals surface area (Å²) in [6, 6.07) is 0. The van der Waals surface area contributed by atoms with Gasteiger partial charge in [0.15, 0.2) is 0 Å². The van der Waals surface area contributed by atoms with Gasteiger partial charge in [0.2, 0.25) is 10.0 Å². The molecular formula is C4H10N2O4S. The van der Waals surface area contributed by atoms with Gasteiger partial charge in [0.1, 0.15) is 0 Å². The zero-order chi connectivity index (χ0) is 8.91. The molecule has 4 N–H and O–H groups in total. The minimum atomic E-state index is -3.45. The Balaban J connectivity index is 3.37. The number of amides is 1. The Kier molecular flexibility index (Phi) is 3.83. The van der Waals surface area contributed by atoms with Gasteiger partial charge in [0, 0.05) is 0 Å². The van der Waals surface area contributed by atoms with Gasteiger partial charge in [-0.1, -0.05) is 0 Å². The number of carbonyl (C=O) groups excluding carboxylic acids is 1. The predicted octanol–water partition coefficient (Wildman–Crippen LogP) is -1.24. The molecule has 1 amide bonds. The van der Waals surface area contributed by atoms with Gasteiger partial charge in [0.25, 0.3) is 0 Å². The molecule has 6 nitrogen and oxygen atoms in total. The zero-order valence-corrected chi connectivity index (χ0v) is 6.63. The van der Waals surface area contributed by atoms with Crippen molar-refractivity contribution >= 4 is 16.1 Å². The highest BCUT2D eigenvalue weighted by atomic mass is 32.2. The lowest BCUT2D eigenvalue weighted by Gasteiger charge is -1.98. The fourth-order valence-corrected chi connectivity index (χ4v) is 0.953. The van der Waals surface area contributed by atoms with Gasteiger partial charge in [-0.25, -0.2) is 18.4 Å². The van der Waals surface area contributed by atoms with Gasteiger partial charge < -0.3 is 10.5 Å². The first-order valence-corrected chi connectivity index (χ1v) is 4.56. The summed E-state index contributed by atoms with van der Waals surface area (Å²) in [5.41, 5.74) is 4.60. The molecule has 0 spiro atoms. The summed E-state index contributed by atoms with van der Waals surface area (Å²) < 4.78 is 24.8. The molecule has 0 aliphatic rings. The lowest BCUT2D eigenvalue weighted by atomic mass is 10.5. The van der Waals surface area contributed by atoms with E-state index >= 15 is 0 Å². The maximum atomic E-state index is 10.3. The van der Waals surface area contributed by atoms with Gasteiger partial charge in [-0.15, -0.1) is 0 Å². The molecule has 0 heterocycles. The predicted molar refractivity (Wildman–Crippen MR) is 38.1 cm³/mol. The van der Waals surface area contributed by atoms with Crippen LogP contribution in [0.15, 0.2) is 0 Å². The highest BCUT2D eigenvalue weighted by Crippen LogP contribution is 1.86. The topological polar surface area (TPSA) is 112 Å². The highest BCUT2D eigenvalue weighted by Gasteiger charge is 2.02. The Bertz CT molecular complexity index is 222. The van der Waals surface area contributed by atoms with Gasteiger partial charge in [-0.3, -0.25) is 0 Å². The van der Waals surface area contributed by atoms with Crippen LogP contribution in [0.4, 0.5) is 4.79 Å². The molecule has 0 aliphatic heterocycles. The molecule has 11 heavy (non-hydrogen) atoms. The Morgan fingerprint density at radius 2 is 2.00 bits per heavy atom. The van der Waals surface area contributed by atoms with E-state index in [0.717, 1.165) is 0 Å². The van der Waals surface area contributed by atoms with Crippen LogP contribution in [0.25, 0.3) is 0 Å². The highest BCUT2D eigenvalue weighted by molar-refractivity contribution is 7.89. The largest absolute Gasteiger partial charge is 0.450 e. The van der Waals surface area contributed by atoms with Crippen molar-refractivity contribution in [1.82, 2.24) is 0 Å². The van der Waals surface area contributed by atoms with Crippen molar-refractivity contribution in [1.29, 1.82) is 0 Å². The van der Waals surface area contributed by atoms with Crippen LogP contribution in [0.2, 0.25) is 0 Å². The minimum absolute atomic E-state index is 0.0221. The molecule has 0 radical (unpaired) electrons. The second-order valence-corrected chi connectivity index (χ2v) is 3.62. The van der Waals surface area contributed by atoms with E-state index in [0.29, 0.717) is 0 Å². The van der Waals surface area contributed by atoms with Gasteiger partial charge in [-0.2, -0.15) is 0 Å². The minimum Gasteiger partial charge on any atom is -0.450 e. The van der Waals surface area contributed by atoms with E-state index in [1.54, 1.807) is 0 Å². The van der Waals surface area contributed by atoms with Crippen LogP contribution in [0.3, 0.4) is 0 Å². The number of carbonyl (C=O) groups is 1. The lowest BCUT2D eigenvalue weighted by molar-refractivity contribution is 0.157. The molecule has 0 bridgehead atoms. The molecule has 0 fully saturated rings. The molecule has 7 heteroatoms. The van der Waals surface area contributed by atoms with E-state index in [1.807, 2.05) is 0 Å². The van der Waals surface area contributed by atoms with Crippen molar-refractivity contribution in [2.75, 3.05) is 12.4 Å². The van der Waals surface area contributed by atoms with Crippen LogP contribution in [0, 0.1) is 0 Å². The van der Waals surface area contributed by atoms with Crippen LogP contribution in [0.5, 0.6) is 0 Å². The van der Waals surface area contributed by atoms with Gasteiger partial charge in [0.05, 0.1) is 12.4 Å². The number of ether oxygens (including phenoxy) is 1. The van der Waals surface area contributed by atoms with Crippen molar-refractivity contribution in [3.8, 4) is 0 Å². The van der Waals surface area contributed by atoms with E-state index in [4.69, 9.17) is 0 Å². The maximum Gasteiger partial charge on any atom is 0.404 e. The average Bonchev–Trinajstić information content (AvgIpc) is 1.78. The van der Waals surface area contributed by atoms with E-state index in [-0.39, 0.29) is 18.8 Å². The summed E-state index contributed by atoms with van der Waals surface area (Å²) in [7, 11) is -3.45. The molecule has 0 aromatic carbocycles. The average molecular weight is 182 g/mol. The first-order chi connectivity index (χ1) is 4.92.